The van der Waals surface area contributed by atoms with Crippen molar-refractivity contribution in [1.29, 1.82) is 5.26 Å². The van der Waals surface area contributed by atoms with Crippen LogP contribution < -0.4 is 10.6 Å². The summed E-state index contributed by atoms with van der Waals surface area (Å²) < 4.78 is 13.1. The maximum Gasteiger partial charge on any atom is 0.153 e. The molecule has 0 amide bonds. The molecule has 1 unspecified atom stereocenters. The predicted molar refractivity (Wildman–Crippen MR) is 94.3 cm³/mol. The molecule has 3 aromatic rings. The van der Waals surface area contributed by atoms with Gasteiger partial charge in [-0.15, -0.1) is 0 Å². The van der Waals surface area contributed by atoms with Crippen molar-refractivity contribution in [2.75, 3.05) is 10.6 Å². The average molecular weight is 349 g/mol. The van der Waals surface area contributed by atoms with Crippen LogP contribution in [0, 0.1) is 17.1 Å². The van der Waals surface area contributed by atoms with Crippen LogP contribution in [0.4, 0.5) is 21.8 Å². The third-order valence-corrected chi connectivity index (χ3v) is 4.16. The van der Waals surface area contributed by atoms with E-state index in [1.54, 1.807) is 18.2 Å². The molecule has 26 heavy (non-hydrogen) atoms. The van der Waals surface area contributed by atoms with Gasteiger partial charge < -0.3 is 10.6 Å². The van der Waals surface area contributed by atoms with Gasteiger partial charge in [-0.05, 0) is 30.5 Å². The van der Waals surface area contributed by atoms with E-state index in [9.17, 15) is 9.65 Å². The van der Waals surface area contributed by atoms with Crippen LogP contribution >= 0.6 is 0 Å². The summed E-state index contributed by atoms with van der Waals surface area (Å²) in [5.74, 6) is 1.98. The molecule has 1 aromatic carbocycles. The summed E-state index contributed by atoms with van der Waals surface area (Å²) in [5.41, 5.74) is 1.78. The number of benzene rings is 1. The lowest BCUT2D eigenvalue weighted by Crippen LogP contribution is -2.10. The molecular formula is C18H16FN7. The number of nitriles is 1. The maximum absolute atomic E-state index is 13.1. The number of nitrogens with zero attached hydrogens (tertiary/aromatic N) is 4. The third kappa shape index (κ3) is 3.62. The van der Waals surface area contributed by atoms with Gasteiger partial charge in [-0.1, -0.05) is 12.1 Å². The molecule has 1 saturated carbocycles. The van der Waals surface area contributed by atoms with Crippen molar-refractivity contribution in [2.45, 2.75) is 24.8 Å². The van der Waals surface area contributed by atoms with Crippen LogP contribution in [0.25, 0.3) is 0 Å². The molecule has 8 heteroatoms. The van der Waals surface area contributed by atoms with Crippen LogP contribution in [0.5, 0.6) is 0 Å². The lowest BCUT2D eigenvalue weighted by Gasteiger charge is -2.13. The number of H-pyrrole nitrogens is 1. The molecule has 0 saturated heterocycles. The standard InChI is InChI=1S/C18H16FN7/c19-13-5-3-12(4-6-13)15(9-20)23-16-8-17(22-10-21-16)24-18-7-14(25-26-18)11-1-2-11/h3-8,10-11,15H,1-2H2,(H3,21,22,23,24,25,26). The molecule has 0 spiro atoms. The van der Waals surface area contributed by atoms with Crippen LogP contribution in [0.15, 0.2) is 42.7 Å². The van der Waals surface area contributed by atoms with Gasteiger partial charge >= 0.3 is 0 Å². The first-order valence-electron chi connectivity index (χ1n) is 8.27. The van der Waals surface area contributed by atoms with Gasteiger partial charge in [0.1, 0.15) is 29.8 Å². The Morgan fingerprint density at radius 2 is 1.88 bits per heavy atom. The molecule has 1 aliphatic carbocycles. The van der Waals surface area contributed by atoms with Crippen molar-refractivity contribution in [3.05, 3.63) is 59.8 Å². The zero-order chi connectivity index (χ0) is 17.9. The van der Waals surface area contributed by atoms with E-state index in [1.807, 2.05) is 6.07 Å². The summed E-state index contributed by atoms with van der Waals surface area (Å²) in [4.78, 5) is 8.31. The van der Waals surface area contributed by atoms with Crippen LogP contribution in [-0.4, -0.2) is 20.2 Å². The van der Waals surface area contributed by atoms with Gasteiger partial charge in [0.2, 0.25) is 0 Å². The second kappa shape index (κ2) is 6.80. The summed E-state index contributed by atoms with van der Waals surface area (Å²) in [7, 11) is 0. The van der Waals surface area contributed by atoms with Crippen LogP contribution in [0.3, 0.4) is 0 Å². The lowest BCUT2D eigenvalue weighted by molar-refractivity contribution is 0.627. The highest BCUT2D eigenvalue weighted by Gasteiger charge is 2.25. The molecule has 0 aliphatic heterocycles. The number of hydrogen-bond donors (Lipinski definition) is 3. The van der Waals surface area contributed by atoms with Gasteiger partial charge in [0.25, 0.3) is 0 Å². The molecule has 0 bridgehead atoms. The Morgan fingerprint density at radius 3 is 2.62 bits per heavy atom. The first kappa shape index (κ1) is 16.0. The number of anilines is 3. The fourth-order valence-corrected chi connectivity index (χ4v) is 2.63. The Labute approximate surface area is 149 Å². The monoisotopic (exact) mass is 349 g/mol. The number of rotatable bonds is 6. The van der Waals surface area contributed by atoms with Crippen LogP contribution in [-0.2, 0) is 0 Å². The zero-order valence-electron chi connectivity index (χ0n) is 13.8. The van der Waals surface area contributed by atoms with E-state index in [1.165, 1.54) is 31.3 Å². The topological polar surface area (TPSA) is 102 Å². The van der Waals surface area contributed by atoms with Crippen LogP contribution in [0.1, 0.15) is 36.1 Å². The quantitative estimate of drug-likeness (QED) is 0.628. The van der Waals surface area contributed by atoms with E-state index < -0.39 is 6.04 Å². The van der Waals surface area contributed by atoms with E-state index in [0.29, 0.717) is 28.9 Å². The molecule has 1 fully saturated rings. The normalized spacial score (nSPS) is 14.5. The van der Waals surface area contributed by atoms with Gasteiger partial charge in [-0.3, -0.25) is 5.10 Å². The average Bonchev–Trinajstić information content (AvgIpc) is 3.41. The zero-order valence-corrected chi connectivity index (χ0v) is 13.8. The van der Waals surface area contributed by atoms with Gasteiger partial charge in [-0.2, -0.15) is 10.4 Å². The number of nitrogens with one attached hydrogen (secondary N) is 3. The SMILES string of the molecule is N#CC(Nc1cc(Nc2cc(C3CC3)[nH]n2)ncn1)c1ccc(F)cc1. The fourth-order valence-electron chi connectivity index (χ4n) is 2.63. The van der Waals surface area contributed by atoms with E-state index in [2.05, 4.69) is 36.9 Å². The number of hydrogen-bond acceptors (Lipinski definition) is 6. The Morgan fingerprint density at radius 1 is 1.12 bits per heavy atom. The summed E-state index contributed by atoms with van der Waals surface area (Å²) in [6.45, 7) is 0. The Balaban J connectivity index is 1.47. The first-order valence-corrected chi connectivity index (χ1v) is 8.27. The van der Waals surface area contributed by atoms with E-state index in [4.69, 9.17) is 0 Å². The molecule has 1 atom stereocenters. The van der Waals surface area contributed by atoms with Crippen molar-refractivity contribution in [1.82, 2.24) is 20.2 Å². The van der Waals surface area contributed by atoms with Crippen molar-refractivity contribution < 1.29 is 4.39 Å². The third-order valence-electron chi connectivity index (χ3n) is 4.16. The minimum atomic E-state index is -0.648. The smallest absolute Gasteiger partial charge is 0.153 e. The Bertz CT molecular complexity index is 941. The van der Waals surface area contributed by atoms with Crippen molar-refractivity contribution in [2.24, 2.45) is 0 Å². The highest BCUT2D eigenvalue weighted by Crippen LogP contribution is 2.39. The molecule has 1 aliphatic rings. The van der Waals surface area contributed by atoms with E-state index in [-0.39, 0.29) is 5.82 Å². The highest BCUT2D eigenvalue weighted by molar-refractivity contribution is 5.56. The van der Waals surface area contributed by atoms with Gasteiger partial charge in [0.05, 0.1) is 6.07 Å². The minimum absolute atomic E-state index is 0.344. The van der Waals surface area contributed by atoms with Crippen molar-refractivity contribution in [3.8, 4) is 6.07 Å². The molecular weight excluding hydrogens is 333 g/mol. The second-order valence-electron chi connectivity index (χ2n) is 6.15. The minimum Gasteiger partial charge on any atom is -0.351 e. The maximum atomic E-state index is 13.1. The number of aromatic amines is 1. The highest BCUT2D eigenvalue weighted by atomic mass is 19.1. The Kier molecular flexibility index (Phi) is 4.19. The van der Waals surface area contributed by atoms with E-state index >= 15 is 0 Å². The van der Waals surface area contributed by atoms with Gasteiger partial charge in [0, 0.05) is 23.7 Å². The fraction of sp³-hybridized carbons (Fsp3) is 0.222. The molecule has 2 aromatic heterocycles. The predicted octanol–water partition coefficient (Wildman–Crippen LogP) is 3.64. The Hall–Kier alpha value is -3.47. The van der Waals surface area contributed by atoms with Crippen molar-refractivity contribution >= 4 is 17.5 Å². The van der Waals surface area contributed by atoms with Crippen molar-refractivity contribution in [3.63, 3.8) is 0 Å². The van der Waals surface area contributed by atoms with Crippen LogP contribution in [0.2, 0.25) is 0 Å². The summed E-state index contributed by atoms with van der Waals surface area (Å²) >= 11 is 0. The summed E-state index contributed by atoms with van der Waals surface area (Å²) in [6.07, 6.45) is 3.79. The largest absolute Gasteiger partial charge is 0.351 e. The summed E-state index contributed by atoms with van der Waals surface area (Å²) in [5, 5.41) is 22.8. The molecule has 7 nitrogen and oxygen atoms in total. The van der Waals surface area contributed by atoms with Gasteiger partial charge in [0.15, 0.2) is 5.82 Å². The molecule has 3 N–H and O–H groups in total. The lowest BCUT2D eigenvalue weighted by atomic mass is 10.1. The first-order chi connectivity index (χ1) is 12.7. The molecule has 0 radical (unpaired) electrons. The summed E-state index contributed by atoms with van der Waals surface area (Å²) in [6, 6.07) is 11.0. The van der Waals surface area contributed by atoms with E-state index in [0.717, 1.165) is 5.69 Å². The number of aromatic nitrogens is 4. The number of halogens is 1. The molecule has 2 heterocycles. The second-order valence-corrected chi connectivity index (χ2v) is 6.15. The molecule has 130 valence electrons. The molecule has 4 rings (SSSR count). The van der Waals surface area contributed by atoms with Gasteiger partial charge in [-0.25, -0.2) is 14.4 Å².